The second-order valence-corrected chi connectivity index (χ2v) is 9.33. The predicted molar refractivity (Wildman–Crippen MR) is 125 cm³/mol. The van der Waals surface area contributed by atoms with Crippen LogP contribution in [0.3, 0.4) is 0 Å². The number of carbonyl (C=O) groups is 2. The van der Waals surface area contributed by atoms with E-state index in [-0.39, 0.29) is 11.8 Å². The number of hydrogen-bond acceptors (Lipinski definition) is 3. The van der Waals surface area contributed by atoms with Gasteiger partial charge in [-0.2, -0.15) is 0 Å². The zero-order valence-electron chi connectivity index (χ0n) is 18.7. The van der Waals surface area contributed by atoms with Crippen molar-refractivity contribution in [2.75, 3.05) is 0 Å². The van der Waals surface area contributed by atoms with Gasteiger partial charge in [0, 0.05) is 22.5 Å². The lowest BCUT2D eigenvalue weighted by Gasteiger charge is -2.17. The molecule has 1 aromatic carbocycles. The molecule has 0 aliphatic heterocycles. The summed E-state index contributed by atoms with van der Waals surface area (Å²) in [5, 5.41) is 0.567. The van der Waals surface area contributed by atoms with Crippen LogP contribution in [0.4, 0.5) is 0 Å². The maximum atomic E-state index is 13.6. The molecule has 5 heteroatoms. The molecule has 0 fully saturated rings. The number of pyridine rings is 1. The average Bonchev–Trinajstić information content (AvgIpc) is 3.04. The first-order valence-electron chi connectivity index (χ1n) is 10.9. The Bertz CT molecular complexity index is 1070. The van der Waals surface area contributed by atoms with E-state index in [9.17, 15) is 9.59 Å². The molecule has 0 unspecified atom stereocenters. The lowest BCUT2D eigenvalue weighted by Crippen LogP contribution is -2.26. The predicted octanol–water partition coefficient (Wildman–Crippen LogP) is 6.90. The summed E-state index contributed by atoms with van der Waals surface area (Å²) in [7, 11) is 0. The third kappa shape index (κ3) is 5.19. The zero-order chi connectivity index (χ0) is 22.6. The highest BCUT2D eigenvalue weighted by Gasteiger charge is 2.31. The molecule has 0 atom stereocenters. The van der Waals surface area contributed by atoms with E-state index in [2.05, 4.69) is 6.92 Å². The molecule has 31 heavy (non-hydrogen) atoms. The third-order valence-corrected chi connectivity index (χ3v) is 5.56. The minimum atomic E-state index is -0.690. The Hall–Kier alpha value is -2.59. The lowest BCUT2D eigenvalue weighted by atomic mass is 9.97. The van der Waals surface area contributed by atoms with Crippen molar-refractivity contribution in [3.63, 3.8) is 0 Å². The monoisotopic (exact) mass is 439 g/mol. The largest absolute Gasteiger partial charge is 0.423 e. The molecule has 4 nitrogen and oxygen atoms in total. The van der Waals surface area contributed by atoms with Crippen LogP contribution >= 0.6 is 11.6 Å². The number of benzene rings is 1. The highest BCUT2D eigenvalue weighted by atomic mass is 35.5. The fourth-order valence-electron chi connectivity index (χ4n) is 3.54. The van der Waals surface area contributed by atoms with Gasteiger partial charge in [0.1, 0.15) is 0 Å². The van der Waals surface area contributed by atoms with E-state index in [0.717, 1.165) is 43.3 Å². The van der Waals surface area contributed by atoms with Crippen molar-refractivity contribution >= 4 is 28.9 Å². The summed E-state index contributed by atoms with van der Waals surface area (Å²) in [4.78, 5) is 26.4. The summed E-state index contributed by atoms with van der Waals surface area (Å²) in [6.07, 6.45) is 6.99. The molecular formula is C26H30ClNO3. The number of hydrogen-bond donors (Lipinski definition) is 0. The van der Waals surface area contributed by atoms with Crippen molar-refractivity contribution in [1.29, 1.82) is 0 Å². The number of nitrogens with zero attached hydrogens (tertiary/aromatic N) is 1. The number of aromatic nitrogens is 1. The van der Waals surface area contributed by atoms with Gasteiger partial charge in [-0.05, 0) is 70.0 Å². The van der Waals surface area contributed by atoms with Gasteiger partial charge in [-0.3, -0.25) is 9.59 Å². The number of carbonyl (C=O) groups excluding carboxylic acids is 2. The number of unbranched alkanes of at least 4 members (excludes halogenated alkanes) is 3. The smallest absolute Gasteiger partial charge is 0.316 e. The van der Waals surface area contributed by atoms with Crippen LogP contribution in [0.2, 0.25) is 5.02 Å². The van der Waals surface area contributed by atoms with Gasteiger partial charge in [-0.1, -0.05) is 43.9 Å². The summed E-state index contributed by atoms with van der Waals surface area (Å²) in [6.45, 7) is 7.59. The summed E-state index contributed by atoms with van der Waals surface area (Å²) in [6, 6.07) is 12.5. The number of aryl methyl sites for hydroxylation is 1. The molecule has 0 N–H and O–H groups in total. The Morgan fingerprint density at radius 1 is 1.00 bits per heavy atom. The molecule has 2 heterocycles. The van der Waals surface area contributed by atoms with E-state index in [0.29, 0.717) is 21.9 Å². The maximum absolute atomic E-state index is 13.6. The van der Waals surface area contributed by atoms with Crippen LogP contribution in [-0.2, 0) is 11.2 Å². The third-order valence-electron chi connectivity index (χ3n) is 5.31. The molecule has 0 radical (unpaired) electrons. The number of halogens is 1. The van der Waals surface area contributed by atoms with Crippen molar-refractivity contribution in [3.05, 3.63) is 70.5 Å². The van der Waals surface area contributed by atoms with Crippen molar-refractivity contribution in [3.8, 4) is 5.75 Å². The molecule has 0 aliphatic carbocycles. The Balaban J connectivity index is 2.16. The maximum Gasteiger partial charge on any atom is 0.316 e. The molecule has 3 aromatic rings. The van der Waals surface area contributed by atoms with Crippen molar-refractivity contribution in [2.24, 2.45) is 5.41 Å². The van der Waals surface area contributed by atoms with Gasteiger partial charge in [-0.15, -0.1) is 0 Å². The van der Waals surface area contributed by atoms with Gasteiger partial charge in [0.05, 0.1) is 16.5 Å². The van der Waals surface area contributed by atoms with Crippen LogP contribution in [0.25, 0.3) is 5.52 Å². The number of ketones is 1. The summed E-state index contributed by atoms with van der Waals surface area (Å²) in [5.74, 6) is -0.194. The number of rotatable bonds is 8. The molecule has 0 bridgehead atoms. The van der Waals surface area contributed by atoms with E-state index in [1.165, 1.54) is 0 Å². The zero-order valence-corrected chi connectivity index (χ0v) is 19.5. The van der Waals surface area contributed by atoms with Crippen LogP contribution in [0.1, 0.15) is 75.0 Å². The number of ether oxygens (including phenoxy) is 1. The second kappa shape index (κ2) is 9.69. The Kier molecular flexibility index (Phi) is 7.22. The molecule has 3 rings (SSSR count). The molecule has 0 amide bonds. The summed E-state index contributed by atoms with van der Waals surface area (Å²) in [5.41, 5.74) is 1.89. The second-order valence-electron chi connectivity index (χ2n) is 8.89. The van der Waals surface area contributed by atoms with Crippen LogP contribution in [0.5, 0.6) is 5.75 Å². The Morgan fingerprint density at radius 2 is 1.71 bits per heavy atom. The van der Waals surface area contributed by atoms with Crippen molar-refractivity contribution in [1.82, 2.24) is 4.40 Å². The van der Waals surface area contributed by atoms with Crippen molar-refractivity contribution < 1.29 is 14.3 Å². The molecule has 0 saturated carbocycles. The highest BCUT2D eigenvalue weighted by molar-refractivity contribution is 6.30. The summed E-state index contributed by atoms with van der Waals surface area (Å²) < 4.78 is 7.88. The van der Waals surface area contributed by atoms with E-state index in [4.69, 9.17) is 16.3 Å². The van der Waals surface area contributed by atoms with E-state index in [1.54, 1.807) is 45.0 Å². The van der Waals surface area contributed by atoms with Gasteiger partial charge < -0.3 is 9.14 Å². The van der Waals surface area contributed by atoms with Gasteiger partial charge in [-0.25, -0.2) is 0 Å². The van der Waals surface area contributed by atoms with Crippen LogP contribution in [0, 0.1) is 5.41 Å². The van der Waals surface area contributed by atoms with Crippen molar-refractivity contribution in [2.45, 2.75) is 59.8 Å². The van der Waals surface area contributed by atoms with Gasteiger partial charge in [0.2, 0.25) is 0 Å². The Morgan fingerprint density at radius 3 is 2.35 bits per heavy atom. The van der Waals surface area contributed by atoms with Gasteiger partial charge >= 0.3 is 5.97 Å². The van der Waals surface area contributed by atoms with Gasteiger partial charge in [0.15, 0.2) is 11.5 Å². The van der Waals surface area contributed by atoms with Gasteiger partial charge in [0.25, 0.3) is 0 Å². The average molecular weight is 440 g/mol. The fourth-order valence-corrected chi connectivity index (χ4v) is 3.66. The molecule has 2 aromatic heterocycles. The highest BCUT2D eigenvalue weighted by Crippen LogP contribution is 2.36. The minimum Gasteiger partial charge on any atom is -0.423 e. The topological polar surface area (TPSA) is 47.8 Å². The first kappa shape index (κ1) is 23.1. The SMILES string of the molecule is CCCCCCc1c(C(=O)c2ccc(Cl)cc2)c(OC(=O)C(C)(C)C)c2ccccn12. The number of fused-ring (bicyclic) bond motifs is 1. The molecule has 0 spiro atoms. The molecule has 164 valence electrons. The quantitative estimate of drug-likeness (QED) is 0.218. The lowest BCUT2D eigenvalue weighted by molar-refractivity contribution is -0.142. The van der Waals surface area contributed by atoms with Crippen LogP contribution in [0.15, 0.2) is 48.7 Å². The van der Waals surface area contributed by atoms with Crippen LogP contribution in [-0.4, -0.2) is 16.2 Å². The molecule has 0 saturated heterocycles. The Labute approximate surface area is 189 Å². The molecular weight excluding hydrogens is 410 g/mol. The van der Waals surface area contributed by atoms with E-state index < -0.39 is 5.41 Å². The van der Waals surface area contributed by atoms with E-state index in [1.807, 2.05) is 28.8 Å². The first-order valence-corrected chi connectivity index (χ1v) is 11.3. The fraction of sp³-hybridized carbons (Fsp3) is 0.385. The standard InChI is InChI=1S/C26H30ClNO3/c1-5-6-7-8-11-20-22(23(29)18-13-15-19(27)16-14-18)24(31-25(30)26(2,3)4)21-12-9-10-17-28(20)21/h9-10,12-17H,5-8,11H2,1-4H3. The normalized spacial score (nSPS) is 11.6. The number of esters is 1. The minimum absolute atomic E-state index is 0.164. The summed E-state index contributed by atoms with van der Waals surface area (Å²) >= 11 is 6.02. The van der Waals surface area contributed by atoms with Crippen LogP contribution < -0.4 is 4.74 Å². The van der Waals surface area contributed by atoms with E-state index >= 15 is 0 Å². The first-order chi connectivity index (χ1) is 14.7. The molecule has 0 aliphatic rings.